The zero-order chi connectivity index (χ0) is 72.0. The molecule has 0 atom stereocenters. The number of nitrogens with zero attached hydrogens (tertiary/aromatic N) is 36. The standard InChI is InChI=1S/36CN.6Fe.18K/c36*1-2;;;;;;;;;;;;;;;;;;;;;;;;/q36*-1;6*+5;;;;;;;;;;;;;6*+1. The molecule has 0 heterocycles. The largest absolute Gasteiger partial charge is 5.00 e. The van der Waals surface area contributed by atoms with Gasteiger partial charge in [-0.2, -0.15) is 0 Å². The van der Waals surface area contributed by atoms with E-state index in [0.29, 0.717) is 0 Å². The third-order valence-corrected chi connectivity index (χ3v) is 0. The topological polar surface area (TPSA) is 856 Å². The molecule has 0 aliphatic rings. The average Bonchev–Trinajstić information content (AvgIpc) is 3.63. The van der Waals surface area contributed by atoms with Crippen LogP contribution in [-0.4, -0.2) is 617 Å². The molecular weight excluding hydrogens is 1980 g/mol. The van der Waals surface area contributed by atoms with E-state index < -0.39 is 0 Å². The summed E-state index contributed by atoms with van der Waals surface area (Å²) in [6.45, 7) is 171. The van der Waals surface area contributed by atoms with Gasteiger partial charge in [0, 0.05) is 617 Å². The zero-order valence-corrected chi connectivity index (χ0v) is 117. The van der Waals surface area contributed by atoms with Gasteiger partial charge in [0.25, 0.3) is 0 Å². The minimum atomic E-state index is 0. The van der Waals surface area contributed by atoms with Crippen molar-refractivity contribution in [3.05, 3.63) is 237 Å². The number of hydrogen-bond acceptors (Lipinski definition) is 36. The van der Waals surface area contributed by atoms with Crippen LogP contribution in [0.15, 0.2) is 0 Å². The molecule has 390 valence electrons. The van der Waals surface area contributed by atoms with Gasteiger partial charge in [-0.15, -0.1) is 0 Å². The maximum atomic E-state index is 6.25. The Hall–Kier alpha value is 14.2. The average molecular weight is 1980 g/mol. The second kappa shape index (κ2) is 6330. The van der Waals surface area contributed by atoms with Gasteiger partial charge < -0.3 is 426 Å². The van der Waals surface area contributed by atoms with E-state index in [2.05, 4.69) is 0 Å². The first-order valence-electron chi connectivity index (χ1n) is 8.05. The van der Waals surface area contributed by atoms with E-state index in [9.17, 15) is 0 Å². The van der Waals surface area contributed by atoms with Crippen LogP contribution in [0.2, 0.25) is 0 Å². The summed E-state index contributed by atoms with van der Waals surface area (Å²) < 4.78 is 0. The summed E-state index contributed by atoms with van der Waals surface area (Å²) in [5.74, 6) is 0. The van der Waals surface area contributed by atoms with Crippen molar-refractivity contribution in [2.45, 2.75) is 0 Å². The van der Waals surface area contributed by atoms with Crippen LogP contribution in [0, 0.1) is 426 Å². The van der Waals surface area contributed by atoms with E-state index in [0.717, 1.165) is 0 Å². The molecule has 0 fully saturated rings. The third-order valence-electron chi connectivity index (χ3n) is 0. The zero-order valence-electron chi connectivity index (χ0n) is 54.2. The van der Waals surface area contributed by atoms with Crippen LogP contribution in [0.4, 0.5) is 0 Å². The van der Waals surface area contributed by atoms with Crippen molar-refractivity contribution < 1.29 is 411 Å². The van der Waals surface area contributed by atoms with Crippen LogP contribution < -0.4 is 308 Å². The quantitative estimate of drug-likeness (QED) is 0.160. The fourth-order valence-electron chi connectivity index (χ4n) is 0. The van der Waals surface area contributed by atoms with Gasteiger partial charge in [0.15, 0.2) is 0 Å². The number of rotatable bonds is 0. The summed E-state index contributed by atoms with van der Waals surface area (Å²) in [5, 5.41) is 225. The molecule has 36 nitrogen and oxygen atoms in total. The Morgan fingerprint density at radius 1 is 0.0625 bits per heavy atom. The summed E-state index contributed by atoms with van der Waals surface area (Å²) in [6.07, 6.45) is 0. The van der Waals surface area contributed by atoms with Gasteiger partial charge in [-0.3, -0.25) is 0 Å². The maximum Gasteiger partial charge on any atom is 5.00 e. The monoisotopic (exact) mass is 1970 g/mol. The molecule has 0 aromatic heterocycles. The maximum absolute atomic E-state index is 6.25. The minimum absolute atomic E-state index is 0. The van der Waals surface area contributed by atoms with Gasteiger partial charge in [0.2, 0.25) is 0 Å². The normalized spacial score (nSPS) is 0.750. The molecule has 0 unspecified atom stereocenters. The first-order valence-corrected chi connectivity index (χ1v) is 8.05. The summed E-state index contributed by atoms with van der Waals surface area (Å²) in [5.41, 5.74) is 0. The van der Waals surface area contributed by atoms with Crippen LogP contribution in [0.1, 0.15) is 0 Å². The summed E-state index contributed by atoms with van der Waals surface area (Å²) >= 11 is 0. The minimum Gasteiger partial charge on any atom is -0.512 e. The molecule has 0 aromatic carbocycles. The molecule has 0 aliphatic heterocycles. The van der Waals surface area contributed by atoms with Crippen molar-refractivity contribution in [1.29, 1.82) is 189 Å². The number of hydrogen-bond donors (Lipinski definition) is 0. The van der Waals surface area contributed by atoms with E-state index in [1.54, 1.807) is 0 Å². The predicted molar refractivity (Wildman–Crippen MR) is 248 cm³/mol. The first kappa shape index (κ1) is 521. The summed E-state index contributed by atoms with van der Waals surface area (Å²) in [6, 6.07) is 0. The van der Waals surface area contributed by atoms with Gasteiger partial charge in [-0.25, -0.2) is 0 Å². The molecular formula is C36Fe6K18N36. The van der Waals surface area contributed by atoms with Crippen LogP contribution in [0.3, 0.4) is 0 Å². The molecule has 18 radical (unpaired) electrons. The van der Waals surface area contributed by atoms with Crippen molar-refractivity contribution in [1.82, 2.24) is 0 Å². The molecule has 0 aliphatic carbocycles. The van der Waals surface area contributed by atoms with E-state index >= 15 is 0 Å². The van der Waals surface area contributed by atoms with E-state index in [1.807, 2.05) is 0 Å². The smallest absolute Gasteiger partial charge is 0.512 e. The Morgan fingerprint density at radius 3 is 0.0625 bits per heavy atom. The second-order valence-electron chi connectivity index (χ2n) is 0. The molecule has 0 bridgehead atoms. The van der Waals surface area contributed by atoms with Crippen molar-refractivity contribution >= 4 is 617 Å². The molecule has 96 heavy (non-hydrogen) atoms. The summed E-state index contributed by atoms with van der Waals surface area (Å²) in [4.78, 5) is 0. The Morgan fingerprint density at radius 2 is 0.0625 bits per heavy atom. The molecule has 60 heteroatoms. The van der Waals surface area contributed by atoms with Gasteiger partial charge >= 0.3 is 411 Å². The van der Waals surface area contributed by atoms with Crippen LogP contribution in [0.25, 0.3) is 0 Å². The van der Waals surface area contributed by atoms with Crippen molar-refractivity contribution in [3.8, 4) is 0 Å². The Labute approximate surface area is 1410 Å². The molecule has 0 aromatic rings. The van der Waals surface area contributed by atoms with E-state index in [1.165, 1.54) is 0 Å². The third kappa shape index (κ3) is 6160. The van der Waals surface area contributed by atoms with Crippen molar-refractivity contribution in [2.24, 2.45) is 0 Å². The molecule has 0 amide bonds. The fraction of sp³-hybridized carbons (Fsp3) is 0. The van der Waals surface area contributed by atoms with Gasteiger partial charge in [-0.05, 0) is 0 Å². The molecule has 0 saturated heterocycles. The van der Waals surface area contributed by atoms with Gasteiger partial charge in [-0.1, -0.05) is 0 Å². The Kier molecular flexibility index (Phi) is 34400. The van der Waals surface area contributed by atoms with Crippen LogP contribution in [0.5, 0.6) is 0 Å². The second-order valence-corrected chi connectivity index (χ2v) is 0. The predicted octanol–water partition coefficient (Wildman–Crippen LogP) is -19.1. The van der Waals surface area contributed by atoms with Crippen molar-refractivity contribution in [3.63, 3.8) is 0 Å². The first-order chi connectivity index (χ1) is 36.0. The molecule has 0 spiro atoms. The SMILES string of the molecule is [C-]#N.[C-]#N.[C-]#N.[C-]#N.[C-]#N.[C-]#N.[C-]#N.[C-]#N.[C-]#N.[C-]#N.[C-]#N.[C-]#N.[C-]#N.[C-]#N.[C-]#N.[C-]#N.[C-]#N.[C-]#N.[C-]#N.[C-]#N.[C-]#N.[C-]#N.[C-]#N.[C-]#N.[C-]#N.[C-]#N.[C-]#N.[C-]#N.[C-]#N.[C-]#N.[C-]#N.[C-]#N.[C-]#N.[C-]#N.[C-]#N.[C-]#N.[Fe+5].[Fe+5].[Fe+5].[Fe+5].[Fe+5].[Fe+5].[K+].[K+].[K+].[K+].[K+].[K+].[K].[K].[K].[K].[K].[K].[K].[K].[K].[K].[K].[K]. The van der Waals surface area contributed by atoms with Crippen LogP contribution in [-0.2, 0) is 102 Å². The Balaban J connectivity index is -0.00000000238. The van der Waals surface area contributed by atoms with Gasteiger partial charge in [0.1, 0.15) is 0 Å². The van der Waals surface area contributed by atoms with Gasteiger partial charge in [0.05, 0.1) is 0 Å². The van der Waals surface area contributed by atoms with E-state index in [-0.39, 0.29) is 1030 Å². The molecule has 0 N–H and O–H groups in total. The molecule has 0 rings (SSSR count). The molecule has 0 saturated carbocycles. The summed E-state index contributed by atoms with van der Waals surface area (Å²) in [7, 11) is 0. The van der Waals surface area contributed by atoms with Crippen LogP contribution >= 0.6 is 0 Å². The van der Waals surface area contributed by atoms with Crippen molar-refractivity contribution in [2.75, 3.05) is 0 Å². The Bertz CT molecular complexity index is 899. The van der Waals surface area contributed by atoms with E-state index in [4.69, 9.17) is 426 Å². The fourth-order valence-corrected chi connectivity index (χ4v) is 0.